The minimum absolute atomic E-state index is 0.0722. The first kappa shape index (κ1) is 21.5. The number of aryl methyl sites for hydroxylation is 1. The van der Waals surface area contributed by atoms with Gasteiger partial charge in [-0.2, -0.15) is 5.10 Å². The summed E-state index contributed by atoms with van der Waals surface area (Å²) < 4.78 is 12.2. The molecule has 0 saturated carbocycles. The molecule has 1 aromatic heterocycles. The van der Waals surface area contributed by atoms with Crippen molar-refractivity contribution in [1.82, 2.24) is 19.7 Å². The number of carbonyl (C=O) groups excluding carboxylic acids is 1. The summed E-state index contributed by atoms with van der Waals surface area (Å²) in [6.45, 7) is 2.55. The largest absolute Gasteiger partial charge is 0.497 e. The van der Waals surface area contributed by atoms with Crippen LogP contribution in [-0.2, 0) is 11.3 Å². The van der Waals surface area contributed by atoms with Gasteiger partial charge in [0.25, 0.3) is 5.56 Å². The number of pyridine rings is 1. The molecule has 2 aliphatic rings. The zero-order valence-electron chi connectivity index (χ0n) is 19.1. The Hall–Kier alpha value is -4.33. The summed E-state index contributed by atoms with van der Waals surface area (Å²) in [6.07, 6.45) is 3.42. The van der Waals surface area contributed by atoms with E-state index in [1.807, 2.05) is 41.0 Å². The van der Waals surface area contributed by atoms with Crippen molar-refractivity contribution in [2.75, 3.05) is 14.2 Å². The van der Waals surface area contributed by atoms with E-state index in [2.05, 4.69) is 34.2 Å². The molecule has 0 amide bonds. The number of benzene rings is 2. The van der Waals surface area contributed by atoms with E-state index >= 15 is 0 Å². The van der Waals surface area contributed by atoms with Gasteiger partial charge < -0.3 is 19.0 Å². The molecule has 34 heavy (non-hydrogen) atoms. The number of esters is 1. The molecule has 0 spiro atoms. The van der Waals surface area contributed by atoms with Gasteiger partial charge in [0, 0.05) is 41.5 Å². The monoisotopic (exact) mass is 456 g/mol. The Bertz CT molecular complexity index is 1510. The number of methoxy groups -OCH3 is 2. The Morgan fingerprint density at radius 2 is 1.85 bits per heavy atom. The number of ether oxygens (including phenoxy) is 2. The van der Waals surface area contributed by atoms with Gasteiger partial charge in [-0.05, 0) is 36.2 Å². The first-order valence-electron chi connectivity index (χ1n) is 10.9. The van der Waals surface area contributed by atoms with Crippen LogP contribution in [0, 0.1) is 6.92 Å². The lowest BCUT2D eigenvalue weighted by molar-refractivity contribution is 0.0600. The Balaban J connectivity index is 1.69. The van der Waals surface area contributed by atoms with Crippen LogP contribution in [0.1, 0.15) is 33.1 Å². The number of aromatic amines is 2. The van der Waals surface area contributed by atoms with Gasteiger partial charge in [-0.15, -0.1) is 0 Å². The van der Waals surface area contributed by atoms with Gasteiger partial charge in [0.1, 0.15) is 17.0 Å². The maximum absolute atomic E-state index is 12.5. The van der Waals surface area contributed by atoms with Crippen LogP contribution >= 0.6 is 0 Å². The van der Waals surface area contributed by atoms with E-state index in [-0.39, 0.29) is 17.0 Å². The van der Waals surface area contributed by atoms with Crippen molar-refractivity contribution < 1.29 is 14.3 Å². The third-order valence-electron chi connectivity index (χ3n) is 6.22. The van der Waals surface area contributed by atoms with E-state index in [1.165, 1.54) is 7.11 Å². The van der Waals surface area contributed by atoms with Gasteiger partial charge in [-0.1, -0.05) is 30.3 Å². The second-order valence-corrected chi connectivity index (χ2v) is 8.21. The highest BCUT2D eigenvalue weighted by Gasteiger charge is 2.25. The Kier molecular flexibility index (Phi) is 5.41. The van der Waals surface area contributed by atoms with Crippen molar-refractivity contribution in [1.29, 1.82) is 0 Å². The first-order chi connectivity index (χ1) is 16.5. The first-order valence-corrected chi connectivity index (χ1v) is 10.9. The smallest absolute Gasteiger partial charge is 0.341 e. The van der Waals surface area contributed by atoms with Crippen LogP contribution in [0.25, 0.3) is 22.2 Å². The second kappa shape index (κ2) is 8.55. The van der Waals surface area contributed by atoms with Crippen LogP contribution in [0.4, 0.5) is 0 Å². The van der Waals surface area contributed by atoms with Crippen molar-refractivity contribution in [3.8, 4) is 17.0 Å². The van der Waals surface area contributed by atoms with E-state index in [0.717, 1.165) is 33.5 Å². The number of nitrogens with zero attached hydrogens (tertiary/aromatic N) is 2. The van der Waals surface area contributed by atoms with E-state index in [1.54, 1.807) is 19.5 Å². The summed E-state index contributed by atoms with van der Waals surface area (Å²) in [5, 5.41) is 7.58. The molecule has 2 aliphatic heterocycles. The lowest BCUT2D eigenvalue weighted by Gasteiger charge is -2.22. The summed E-state index contributed by atoms with van der Waals surface area (Å²) in [6, 6.07) is 16.1. The molecule has 3 aromatic rings. The van der Waals surface area contributed by atoms with Crippen molar-refractivity contribution >= 4 is 16.9 Å². The number of aromatic nitrogens is 4. The third kappa shape index (κ3) is 3.63. The van der Waals surface area contributed by atoms with Gasteiger partial charge in [0.05, 0.1) is 19.8 Å². The van der Waals surface area contributed by atoms with Crippen molar-refractivity contribution in [2.24, 2.45) is 0 Å². The third-order valence-corrected chi connectivity index (χ3v) is 6.22. The van der Waals surface area contributed by atoms with Gasteiger partial charge in [-0.25, -0.2) is 9.89 Å². The summed E-state index contributed by atoms with van der Waals surface area (Å²) >= 11 is 0. The highest BCUT2D eigenvalue weighted by Crippen LogP contribution is 2.36. The molecule has 0 fully saturated rings. The lowest BCUT2D eigenvalue weighted by atomic mass is 9.88. The minimum Gasteiger partial charge on any atom is -0.497 e. The maximum atomic E-state index is 12.5. The Labute approximate surface area is 195 Å². The minimum atomic E-state index is -0.546. The summed E-state index contributed by atoms with van der Waals surface area (Å²) in [4.78, 5) is 28.3. The topological polar surface area (TPSA) is 102 Å². The fraction of sp³-hybridized carbons (Fsp3) is 0.192. The SMILES string of the molecule is COC(=O)c1cn(CC(c2ccc(OC)cc2)c2c(C)[nH]c3ccccc23)cc2c(=O)[nH]nc1-2. The predicted octanol–water partition coefficient (Wildman–Crippen LogP) is 4.09. The molecule has 0 bridgehead atoms. The van der Waals surface area contributed by atoms with Crippen LogP contribution in [0.3, 0.4) is 0 Å². The highest BCUT2D eigenvalue weighted by atomic mass is 16.5. The van der Waals surface area contributed by atoms with Crippen LogP contribution in [0.2, 0.25) is 0 Å². The molecule has 8 heteroatoms. The van der Waals surface area contributed by atoms with Crippen LogP contribution in [-0.4, -0.2) is 39.9 Å². The number of hydrogen-bond donors (Lipinski definition) is 2. The van der Waals surface area contributed by atoms with Crippen LogP contribution in [0.5, 0.6) is 5.75 Å². The molecule has 172 valence electrons. The highest BCUT2D eigenvalue weighted by molar-refractivity contribution is 5.96. The zero-order valence-corrected chi connectivity index (χ0v) is 19.1. The molecule has 1 atom stereocenters. The van der Waals surface area contributed by atoms with E-state index in [4.69, 9.17) is 9.47 Å². The molecule has 8 nitrogen and oxygen atoms in total. The van der Waals surface area contributed by atoms with Gasteiger partial charge in [0.2, 0.25) is 0 Å². The van der Waals surface area contributed by atoms with E-state index in [0.29, 0.717) is 17.8 Å². The molecule has 3 heterocycles. The zero-order chi connectivity index (χ0) is 23.8. The van der Waals surface area contributed by atoms with Crippen LogP contribution < -0.4 is 10.3 Å². The molecule has 1 unspecified atom stereocenters. The number of rotatable bonds is 6. The molecular formula is C26H24N4O4. The summed E-state index contributed by atoms with van der Waals surface area (Å²) in [5.74, 6) is 0.154. The van der Waals surface area contributed by atoms with Crippen molar-refractivity contribution in [2.45, 2.75) is 19.4 Å². The average Bonchev–Trinajstić information content (AvgIpc) is 3.40. The average molecular weight is 457 g/mol. The number of fused-ring (bicyclic) bond motifs is 2. The van der Waals surface area contributed by atoms with Gasteiger partial charge >= 0.3 is 5.97 Å². The summed E-state index contributed by atoms with van der Waals surface area (Å²) in [7, 11) is 2.95. The number of H-pyrrole nitrogens is 2. The predicted molar refractivity (Wildman–Crippen MR) is 129 cm³/mol. The number of nitrogens with one attached hydrogen (secondary N) is 2. The van der Waals surface area contributed by atoms with Crippen molar-refractivity contribution in [3.05, 3.63) is 93.7 Å². The maximum Gasteiger partial charge on any atom is 0.341 e. The van der Waals surface area contributed by atoms with Crippen molar-refractivity contribution in [3.63, 3.8) is 0 Å². The molecule has 0 saturated heterocycles. The normalized spacial score (nSPS) is 12.2. The van der Waals surface area contributed by atoms with Gasteiger partial charge in [0.15, 0.2) is 0 Å². The molecule has 2 aromatic carbocycles. The Morgan fingerprint density at radius 1 is 1.09 bits per heavy atom. The standard InChI is InChI=1S/C26H24N4O4/c1-15-23(18-6-4-5-7-22(18)27-15)19(16-8-10-17(33-2)11-9-16)12-30-13-20-24(28-29-25(20)31)21(14-30)26(32)34-3/h4-11,13-14,19,27H,12H2,1-3H3,(H,29,31). The fourth-order valence-electron chi connectivity index (χ4n) is 4.61. The van der Waals surface area contributed by atoms with Gasteiger partial charge in [-0.3, -0.25) is 4.79 Å². The Morgan fingerprint density at radius 3 is 2.59 bits per heavy atom. The lowest BCUT2D eigenvalue weighted by Crippen LogP contribution is -2.16. The molecule has 0 aliphatic carbocycles. The molecule has 5 rings (SSSR count). The molecular weight excluding hydrogens is 432 g/mol. The number of hydrogen-bond acceptors (Lipinski definition) is 5. The number of carbonyl (C=O) groups is 1. The quantitative estimate of drug-likeness (QED) is 0.375. The molecule has 0 radical (unpaired) electrons. The number of para-hydroxylation sites is 1. The van der Waals surface area contributed by atoms with Crippen LogP contribution in [0.15, 0.2) is 65.7 Å². The summed E-state index contributed by atoms with van der Waals surface area (Å²) in [5.41, 5.74) is 4.88. The molecule has 2 N–H and O–H groups in total. The fourth-order valence-corrected chi connectivity index (χ4v) is 4.61. The van der Waals surface area contributed by atoms with E-state index in [9.17, 15) is 9.59 Å². The second-order valence-electron chi connectivity index (χ2n) is 8.21. The van der Waals surface area contributed by atoms with E-state index < -0.39 is 5.97 Å².